The maximum absolute atomic E-state index is 11.8. The quantitative estimate of drug-likeness (QED) is 0.681. The fourth-order valence-corrected chi connectivity index (χ4v) is 2.48. The minimum Gasteiger partial charge on any atom is -0.355 e. The molecule has 1 aliphatic heterocycles. The van der Waals surface area contributed by atoms with Gasteiger partial charge in [-0.2, -0.15) is 0 Å². The van der Waals surface area contributed by atoms with Crippen LogP contribution in [-0.2, 0) is 4.79 Å². The number of amides is 1. The molecule has 1 rings (SSSR count). The highest BCUT2D eigenvalue weighted by Gasteiger charge is 2.18. The van der Waals surface area contributed by atoms with E-state index in [2.05, 4.69) is 36.0 Å². The Labute approximate surface area is 123 Å². The van der Waals surface area contributed by atoms with E-state index in [-0.39, 0.29) is 11.3 Å². The van der Waals surface area contributed by atoms with Gasteiger partial charge in [0.25, 0.3) is 0 Å². The van der Waals surface area contributed by atoms with Crippen LogP contribution in [-0.4, -0.2) is 68.6 Å². The molecule has 118 valence electrons. The second-order valence-electron chi connectivity index (χ2n) is 6.70. The monoisotopic (exact) mass is 284 g/mol. The smallest absolute Gasteiger partial charge is 0.220 e. The van der Waals surface area contributed by atoms with Crippen LogP contribution in [0.15, 0.2) is 0 Å². The number of nitrogens with zero attached hydrogens (tertiary/aromatic N) is 2. The van der Waals surface area contributed by atoms with Crippen LogP contribution in [0.5, 0.6) is 0 Å². The van der Waals surface area contributed by atoms with Crippen LogP contribution in [0.1, 0.15) is 33.1 Å². The largest absolute Gasteiger partial charge is 0.355 e. The van der Waals surface area contributed by atoms with Crippen LogP contribution in [0, 0.1) is 5.41 Å². The number of nitrogens with one attached hydrogen (secondary N) is 1. The van der Waals surface area contributed by atoms with Crippen LogP contribution < -0.4 is 11.1 Å². The predicted octanol–water partition coefficient (Wildman–Crippen LogP) is 0.505. The number of hydrogen-bond acceptors (Lipinski definition) is 4. The van der Waals surface area contributed by atoms with Gasteiger partial charge in [0.15, 0.2) is 0 Å². The van der Waals surface area contributed by atoms with E-state index in [1.54, 1.807) is 0 Å². The molecule has 1 heterocycles. The van der Waals surface area contributed by atoms with Gasteiger partial charge in [-0.25, -0.2) is 0 Å². The van der Waals surface area contributed by atoms with Gasteiger partial charge in [0.05, 0.1) is 0 Å². The molecule has 3 N–H and O–H groups in total. The molecule has 0 aromatic carbocycles. The van der Waals surface area contributed by atoms with Crippen LogP contribution in [0.3, 0.4) is 0 Å². The zero-order valence-corrected chi connectivity index (χ0v) is 13.5. The van der Waals surface area contributed by atoms with Gasteiger partial charge in [-0.15, -0.1) is 0 Å². The van der Waals surface area contributed by atoms with Gasteiger partial charge in [0, 0.05) is 45.7 Å². The molecule has 0 atom stereocenters. The lowest BCUT2D eigenvalue weighted by Gasteiger charge is -2.32. The second-order valence-corrected chi connectivity index (χ2v) is 6.70. The van der Waals surface area contributed by atoms with Crippen molar-refractivity contribution in [2.24, 2.45) is 11.1 Å². The van der Waals surface area contributed by atoms with E-state index in [9.17, 15) is 4.79 Å². The van der Waals surface area contributed by atoms with Crippen molar-refractivity contribution in [1.82, 2.24) is 15.1 Å². The number of carbonyl (C=O) groups is 1. The Balaban J connectivity index is 2.08. The summed E-state index contributed by atoms with van der Waals surface area (Å²) in [5, 5.41) is 3.03. The van der Waals surface area contributed by atoms with Crippen LogP contribution >= 0.6 is 0 Å². The molecule has 0 aromatic rings. The molecule has 0 aromatic heterocycles. The molecular weight excluding hydrogens is 252 g/mol. The van der Waals surface area contributed by atoms with Crippen molar-refractivity contribution in [3.63, 3.8) is 0 Å². The lowest BCUT2D eigenvalue weighted by atomic mass is 9.84. The van der Waals surface area contributed by atoms with Gasteiger partial charge in [0.1, 0.15) is 0 Å². The Morgan fingerprint density at radius 2 is 1.85 bits per heavy atom. The number of rotatable bonds is 8. The third-order valence-corrected chi connectivity index (χ3v) is 4.20. The highest BCUT2D eigenvalue weighted by Crippen LogP contribution is 2.25. The Bertz CT molecular complexity index is 286. The van der Waals surface area contributed by atoms with Gasteiger partial charge in [-0.3, -0.25) is 9.69 Å². The summed E-state index contributed by atoms with van der Waals surface area (Å²) < 4.78 is 0. The van der Waals surface area contributed by atoms with Crippen molar-refractivity contribution in [1.29, 1.82) is 0 Å². The Morgan fingerprint density at radius 1 is 1.20 bits per heavy atom. The van der Waals surface area contributed by atoms with E-state index >= 15 is 0 Å². The molecule has 0 radical (unpaired) electrons. The maximum atomic E-state index is 11.8. The minimum absolute atomic E-state index is 0.170. The zero-order valence-electron chi connectivity index (χ0n) is 13.5. The predicted molar refractivity (Wildman–Crippen MR) is 83.6 cm³/mol. The third kappa shape index (κ3) is 7.22. The Kier molecular flexibility index (Phi) is 7.48. The molecule has 0 aliphatic carbocycles. The van der Waals surface area contributed by atoms with Gasteiger partial charge < -0.3 is 16.0 Å². The summed E-state index contributed by atoms with van der Waals surface area (Å²) in [5.74, 6) is 0.171. The fourth-order valence-electron chi connectivity index (χ4n) is 2.48. The van der Waals surface area contributed by atoms with Crippen molar-refractivity contribution >= 4 is 5.91 Å². The SMILES string of the molecule is CN1CCN(CCNC(=O)CCC(C)(C)CCN)CC1. The van der Waals surface area contributed by atoms with Crippen LogP contribution in [0.25, 0.3) is 0 Å². The first-order chi connectivity index (χ1) is 9.43. The average molecular weight is 284 g/mol. The van der Waals surface area contributed by atoms with Crippen LogP contribution in [0.2, 0.25) is 0 Å². The molecule has 1 saturated heterocycles. The van der Waals surface area contributed by atoms with Crippen molar-refractivity contribution in [2.75, 3.05) is 52.9 Å². The van der Waals surface area contributed by atoms with E-state index in [1.807, 2.05) is 0 Å². The first kappa shape index (κ1) is 17.4. The lowest BCUT2D eigenvalue weighted by molar-refractivity contribution is -0.121. The first-order valence-corrected chi connectivity index (χ1v) is 7.80. The first-order valence-electron chi connectivity index (χ1n) is 7.80. The summed E-state index contributed by atoms with van der Waals surface area (Å²) in [6.45, 7) is 11.2. The molecule has 5 heteroatoms. The lowest BCUT2D eigenvalue weighted by Crippen LogP contribution is -2.46. The summed E-state index contributed by atoms with van der Waals surface area (Å²) in [6.07, 6.45) is 2.49. The van der Waals surface area contributed by atoms with Gasteiger partial charge >= 0.3 is 0 Å². The van der Waals surface area contributed by atoms with Crippen molar-refractivity contribution in [2.45, 2.75) is 33.1 Å². The highest BCUT2D eigenvalue weighted by atomic mass is 16.1. The summed E-state index contributed by atoms with van der Waals surface area (Å²) in [5.41, 5.74) is 5.75. The van der Waals surface area contributed by atoms with Gasteiger partial charge in [0.2, 0.25) is 5.91 Å². The highest BCUT2D eigenvalue weighted by molar-refractivity contribution is 5.75. The van der Waals surface area contributed by atoms with Crippen molar-refractivity contribution < 1.29 is 4.79 Å². The number of likely N-dealkylation sites (N-methyl/N-ethyl adjacent to an activating group) is 1. The second kappa shape index (κ2) is 8.60. The molecule has 20 heavy (non-hydrogen) atoms. The number of nitrogens with two attached hydrogens (primary N) is 1. The standard InChI is InChI=1S/C15H32N4O/c1-15(2,6-7-16)5-4-14(20)17-8-9-19-12-10-18(3)11-13-19/h4-13,16H2,1-3H3,(H,17,20). The summed E-state index contributed by atoms with van der Waals surface area (Å²) >= 11 is 0. The molecule has 0 bridgehead atoms. The van der Waals surface area contributed by atoms with Crippen molar-refractivity contribution in [3.05, 3.63) is 0 Å². The molecule has 0 spiro atoms. The minimum atomic E-state index is 0.170. The molecule has 1 amide bonds. The van der Waals surface area contributed by atoms with Gasteiger partial charge in [-0.05, 0) is 31.8 Å². The summed E-state index contributed by atoms with van der Waals surface area (Å²) in [7, 11) is 2.15. The van der Waals surface area contributed by atoms with E-state index < -0.39 is 0 Å². The van der Waals surface area contributed by atoms with Crippen LogP contribution in [0.4, 0.5) is 0 Å². The molecule has 1 aliphatic rings. The Hall–Kier alpha value is -0.650. The van der Waals surface area contributed by atoms with E-state index in [4.69, 9.17) is 5.73 Å². The molecule has 5 nitrogen and oxygen atoms in total. The Morgan fingerprint density at radius 3 is 2.45 bits per heavy atom. The maximum Gasteiger partial charge on any atom is 0.220 e. The van der Waals surface area contributed by atoms with E-state index in [1.165, 1.54) is 0 Å². The number of carbonyl (C=O) groups excluding carboxylic acids is 1. The number of piperazine rings is 1. The van der Waals surface area contributed by atoms with E-state index in [0.717, 1.165) is 52.1 Å². The summed E-state index contributed by atoms with van der Waals surface area (Å²) in [4.78, 5) is 16.6. The normalized spacial score (nSPS) is 18.2. The fraction of sp³-hybridized carbons (Fsp3) is 0.933. The molecule has 0 saturated carbocycles. The zero-order chi connectivity index (χ0) is 15.0. The number of hydrogen-bond donors (Lipinski definition) is 2. The van der Waals surface area contributed by atoms with E-state index in [0.29, 0.717) is 13.0 Å². The molecule has 1 fully saturated rings. The molecule has 0 unspecified atom stereocenters. The summed E-state index contributed by atoms with van der Waals surface area (Å²) in [6, 6.07) is 0. The topological polar surface area (TPSA) is 61.6 Å². The van der Waals surface area contributed by atoms with Crippen molar-refractivity contribution in [3.8, 4) is 0 Å². The third-order valence-electron chi connectivity index (χ3n) is 4.20. The van der Waals surface area contributed by atoms with Gasteiger partial charge in [-0.1, -0.05) is 13.8 Å². The average Bonchev–Trinajstić information content (AvgIpc) is 2.39. The molecular formula is C15H32N4O.